The van der Waals surface area contributed by atoms with Crippen LogP contribution in [0.15, 0.2) is 0 Å². The summed E-state index contributed by atoms with van der Waals surface area (Å²) in [6.45, 7) is 0.446. The fourth-order valence-corrected chi connectivity index (χ4v) is 1.74. The number of amides is 4. The molecule has 0 aromatic heterocycles. The predicted octanol–water partition coefficient (Wildman–Crippen LogP) is -1.18. The van der Waals surface area contributed by atoms with Crippen molar-refractivity contribution in [3.05, 3.63) is 0 Å². The second-order valence-electron chi connectivity index (χ2n) is 3.42. The zero-order valence-corrected chi connectivity index (χ0v) is 7.58. The minimum atomic E-state index is -0.351. The molecule has 4 amide bonds. The van der Waals surface area contributed by atoms with Crippen LogP contribution in [0.4, 0.5) is 4.79 Å². The lowest BCUT2D eigenvalue weighted by molar-refractivity contribution is -0.129. The van der Waals surface area contributed by atoms with Crippen LogP contribution in [0, 0.1) is 0 Å². The Kier molecular flexibility index (Phi) is 2.11. The quantitative estimate of drug-likeness (QED) is 0.519. The van der Waals surface area contributed by atoms with E-state index in [0.29, 0.717) is 19.4 Å². The minimum Gasteiger partial charge on any atom is -0.354 e. The Labute approximate surface area is 80.6 Å². The molecule has 0 radical (unpaired) electrons. The summed E-state index contributed by atoms with van der Waals surface area (Å²) in [4.78, 5) is 34.6. The normalized spacial score (nSPS) is 27.6. The van der Waals surface area contributed by atoms with Crippen molar-refractivity contribution in [2.45, 2.75) is 18.9 Å². The summed E-state index contributed by atoms with van der Waals surface area (Å²) in [6.07, 6.45) is 0.937. The van der Waals surface area contributed by atoms with Crippen molar-refractivity contribution in [3.8, 4) is 0 Å². The number of carbonyl (C=O) groups excluding carboxylic acids is 3. The van der Waals surface area contributed by atoms with Gasteiger partial charge in [0.2, 0.25) is 11.8 Å². The van der Waals surface area contributed by atoms with Gasteiger partial charge in [0.05, 0.1) is 12.6 Å². The Morgan fingerprint density at radius 3 is 2.50 bits per heavy atom. The first-order chi connectivity index (χ1) is 6.68. The van der Waals surface area contributed by atoms with Crippen molar-refractivity contribution in [2.24, 2.45) is 0 Å². The molecule has 6 heteroatoms. The van der Waals surface area contributed by atoms with E-state index in [0.717, 1.165) is 0 Å². The van der Waals surface area contributed by atoms with Crippen LogP contribution in [0.2, 0.25) is 0 Å². The molecule has 2 fully saturated rings. The van der Waals surface area contributed by atoms with E-state index in [-0.39, 0.29) is 30.4 Å². The lowest BCUT2D eigenvalue weighted by Crippen LogP contribution is -2.50. The van der Waals surface area contributed by atoms with Gasteiger partial charge in [-0.25, -0.2) is 4.79 Å². The molecule has 2 rings (SSSR count). The van der Waals surface area contributed by atoms with E-state index in [1.807, 2.05) is 0 Å². The van der Waals surface area contributed by atoms with Crippen LogP contribution in [0.1, 0.15) is 12.8 Å². The van der Waals surface area contributed by atoms with Gasteiger partial charge in [-0.1, -0.05) is 0 Å². The highest BCUT2D eigenvalue weighted by molar-refractivity contribution is 6.02. The maximum Gasteiger partial charge on any atom is 0.324 e. The van der Waals surface area contributed by atoms with Gasteiger partial charge in [0.15, 0.2) is 0 Å². The molecule has 0 bridgehead atoms. The van der Waals surface area contributed by atoms with Gasteiger partial charge in [0.25, 0.3) is 0 Å². The molecule has 14 heavy (non-hydrogen) atoms. The summed E-state index contributed by atoms with van der Waals surface area (Å²) < 4.78 is 0. The molecule has 0 aromatic rings. The zero-order chi connectivity index (χ0) is 10.1. The fourth-order valence-electron chi connectivity index (χ4n) is 1.74. The summed E-state index contributed by atoms with van der Waals surface area (Å²) in [6, 6.07) is -0.529. The zero-order valence-electron chi connectivity index (χ0n) is 7.58. The maximum atomic E-state index is 11.3. The van der Waals surface area contributed by atoms with Gasteiger partial charge in [0, 0.05) is 13.0 Å². The number of hydrogen-bond acceptors (Lipinski definition) is 3. The summed E-state index contributed by atoms with van der Waals surface area (Å²) in [7, 11) is 0. The first kappa shape index (κ1) is 8.98. The average Bonchev–Trinajstić information content (AvgIpc) is 2.49. The van der Waals surface area contributed by atoms with Gasteiger partial charge in [-0.3, -0.25) is 14.5 Å². The van der Waals surface area contributed by atoms with Crippen molar-refractivity contribution in [1.82, 2.24) is 15.5 Å². The standard InChI is InChI=1S/C8H11N3O3/c12-6-2-1-5(3-9-6)11-7(13)4-10-8(11)14/h5H,1-4H2,(H,9,12)(H,10,14). The van der Waals surface area contributed by atoms with Crippen molar-refractivity contribution < 1.29 is 14.4 Å². The van der Waals surface area contributed by atoms with E-state index < -0.39 is 0 Å². The molecule has 0 saturated carbocycles. The summed E-state index contributed by atoms with van der Waals surface area (Å²) in [5.41, 5.74) is 0. The second-order valence-corrected chi connectivity index (χ2v) is 3.42. The number of urea groups is 1. The van der Waals surface area contributed by atoms with E-state index in [9.17, 15) is 14.4 Å². The molecule has 2 aliphatic heterocycles. The predicted molar refractivity (Wildman–Crippen MR) is 46.3 cm³/mol. The lowest BCUT2D eigenvalue weighted by atomic mass is 10.1. The van der Waals surface area contributed by atoms with Gasteiger partial charge < -0.3 is 10.6 Å². The van der Waals surface area contributed by atoms with Crippen molar-refractivity contribution in [3.63, 3.8) is 0 Å². The van der Waals surface area contributed by atoms with Crippen LogP contribution in [0.5, 0.6) is 0 Å². The highest BCUT2D eigenvalue weighted by atomic mass is 16.2. The number of piperidine rings is 1. The maximum absolute atomic E-state index is 11.3. The molecule has 2 N–H and O–H groups in total. The molecule has 1 unspecified atom stereocenters. The lowest BCUT2D eigenvalue weighted by Gasteiger charge is -2.28. The van der Waals surface area contributed by atoms with Crippen LogP contribution < -0.4 is 10.6 Å². The number of rotatable bonds is 1. The van der Waals surface area contributed by atoms with E-state index in [2.05, 4.69) is 10.6 Å². The highest BCUT2D eigenvalue weighted by Crippen LogP contribution is 2.13. The SMILES string of the molecule is O=C1CCC(N2C(=O)CNC2=O)CN1. The third kappa shape index (κ3) is 1.43. The van der Waals surface area contributed by atoms with Crippen LogP contribution in [-0.2, 0) is 9.59 Å². The number of nitrogens with zero attached hydrogens (tertiary/aromatic N) is 1. The topological polar surface area (TPSA) is 78.5 Å². The molecule has 0 aliphatic carbocycles. The molecule has 0 spiro atoms. The second kappa shape index (κ2) is 3.28. The van der Waals surface area contributed by atoms with Crippen molar-refractivity contribution >= 4 is 17.8 Å². The Morgan fingerprint density at radius 1 is 1.21 bits per heavy atom. The Bertz CT molecular complexity index is 276. The molecule has 2 aliphatic rings. The van der Waals surface area contributed by atoms with Crippen LogP contribution in [0.3, 0.4) is 0 Å². The third-order valence-corrected chi connectivity index (χ3v) is 2.48. The summed E-state index contributed by atoms with van der Waals surface area (Å²) in [5.74, 6) is -0.232. The Hall–Kier alpha value is -1.59. The van der Waals surface area contributed by atoms with E-state index in [1.165, 1.54) is 4.90 Å². The van der Waals surface area contributed by atoms with Crippen LogP contribution in [-0.4, -0.2) is 41.9 Å². The number of imide groups is 1. The Morgan fingerprint density at radius 2 is 2.00 bits per heavy atom. The molecular formula is C8H11N3O3. The molecular weight excluding hydrogens is 186 g/mol. The smallest absolute Gasteiger partial charge is 0.324 e. The van der Waals surface area contributed by atoms with E-state index >= 15 is 0 Å². The molecule has 2 saturated heterocycles. The summed E-state index contributed by atoms with van der Waals surface area (Å²) in [5, 5.41) is 5.09. The molecule has 0 aromatic carbocycles. The minimum absolute atomic E-state index is 0.0201. The largest absolute Gasteiger partial charge is 0.354 e. The number of hydrogen-bond donors (Lipinski definition) is 2. The van der Waals surface area contributed by atoms with Crippen LogP contribution >= 0.6 is 0 Å². The monoisotopic (exact) mass is 197 g/mol. The molecule has 1 atom stereocenters. The van der Waals surface area contributed by atoms with Gasteiger partial charge >= 0.3 is 6.03 Å². The van der Waals surface area contributed by atoms with Gasteiger partial charge in [0.1, 0.15) is 0 Å². The van der Waals surface area contributed by atoms with Gasteiger partial charge in [-0.05, 0) is 6.42 Å². The van der Waals surface area contributed by atoms with Crippen LogP contribution in [0.25, 0.3) is 0 Å². The summed E-state index contributed by atoms with van der Waals surface area (Å²) >= 11 is 0. The first-order valence-corrected chi connectivity index (χ1v) is 4.55. The molecule has 76 valence electrons. The fraction of sp³-hybridized carbons (Fsp3) is 0.625. The van der Waals surface area contributed by atoms with E-state index in [1.54, 1.807) is 0 Å². The first-order valence-electron chi connectivity index (χ1n) is 4.55. The molecule has 2 heterocycles. The van der Waals surface area contributed by atoms with Crippen molar-refractivity contribution in [2.75, 3.05) is 13.1 Å². The number of nitrogens with one attached hydrogen (secondary N) is 2. The highest BCUT2D eigenvalue weighted by Gasteiger charge is 2.36. The van der Waals surface area contributed by atoms with Gasteiger partial charge in [-0.2, -0.15) is 0 Å². The molecule has 6 nitrogen and oxygen atoms in total. The van der Waals surface area contributed by atoms with E-state index in [4.69, 9.17) is 0 Å². The number of carbonyl (C=O) groups is 3. The van der Waals surface area contributed by atoms with Gasteiger partial charge in [-0.15, -0.1) is 0 Å². The van der Waals surface area contributed by atoms with Crippen molar-refractivity contribution in [1.29, 1.82) is 0 Å². The third-order valence-electron chi connectivity index (χ3n) is 2.48. The Balaban J connectivity index is 2.04. The average molecular weight is 197 g/mol.